The minimum absolute atomic E-state index is 0.998. The van der Waals surface area contributed by atoms with Crippen molar-refractivity contribution >= 4 is 27.5 Å². The SMILES string of the molecule is Cn1cc2cc(-c3ccc4cc(N5CCNCC5)ccc4n3)ccc2n1. The van der Waals surface area contributed by atoms with Gasteiger partial charge in [0.1, 0.15) is 0 Å². The molecule has 1 aliphatic rings. The van der Waals surface area contributed by atoms with E-state index in [1.165, 1.54) is 11.1 Å². The number of hydrogen-bond acceptors (Lipinski definition) is 4. The molecule has 26 heavy (non-hydrogen) atoms. The molecule has 2 aromatic carbocycles. The highest BCUT2D eigenvalue weighted by molar-refractivity contribution is 5.87. The van der Waals surface area contributed by atoms with Crippen molar-refractivity contribution in [3.8, 4) is 11.3 Å². The molecule has 1 fully saturated rings. The molecule has 2 aromatic heterocycles. The summed E-state index contributed by atoms with van der Waals surface area (Å²) >= 11 is 0. The average Bonchev–Trinajstić information content (AvgIpc) is 3.07. The van der Waals surface area contributed by atoms with E-state index in [1.54, 1.807) is 0 Å². The van der Waals surface area contributed by atoms with Crippen LogP contribution in [0.3, 0.4) is 0 Å². The van der Waals surface area contributed by atoms with E-state index in [4.69, 9.17) is 4.98 Å². The zero-order chi connectivity index (χ0) is 17.5. The minimum Gasteiger partial charge on any atom is -0.369 e. The minimum atomic E-state index is 0.998. The van der Waals surface area contributed by atoms with E-state index in [2.05, 4.69) is 63.8 Å². The van der Waals surface area contributed by atoms with Gasteiger partial charge < -0.3 is 10.2 Å². The smallest absolute Gasteiger partial charge is 0.0923 e. The van der Waals surface area contributed by atoms with Crippen LogP contribution in [0.1, 0.15) is 0 Å². The van der Waals surface area contributed by atoms with E-state index in [-0.39, 0.29) is 0 Å². The van der Waals surface area contributed by atoms with Crippen LogP contribution in [-0.4, -0.2) is 40.9 Å². The predicted molar refractivity (Wildman–Crippen MR) is 107 cm³/mol. The first-order chi connectivity index (χ1) is 12.8. The van der Waals surface area contributed by atoms with Crippen LogP contribution in [0.4, 0.5) is 5.69 Å². The first-order valence-electron chi connectivity index (χ1n) is 9.06. The lowest BCUT2D eigenvalue weighted by Gasteiger charge is -2.29. The van der Waals surface area contributed by atoms with Gasteiger partial charge >= 0.3 is 0 Å². The summed E-state index contributed by atoms with van der Waals surface area (Å²) in [5, 5.41) is 10.2. The van der Waals surface area contributed by atoms with E-state index in [1.807, 2.05) is 17.9 Å². The zero-order valence-corrected chi connectivity index (χ0v) is 14.8. The summed E-state index contributed by atoms with van der Waals surface area (Å²) in [7, 11) is 1.95. The third-order valence-electron chi connectivity index (χ3n) is 5.07. The maximum atomic E-state index is 4.89. The van der Waals surface area contributed by atoms with Crippen molar-refractivity contribution < 1.29 is 0 Å². The Labute approximate surface area is 152 Å². The average molecular weight is 343 g/mol. The van der Waals surface area contributed by atoms with Gasteiger partial charge in [-0.3, -0.25) is 4.68 Å². The topological polar surface area (TPSA) is 46.0 Å². The lowest BCUT2D eigenvalue weighted by atomic mass is 10.1. The molecule has 5 nitrogen and oxygen atoms in total. The summed E-state index contributed by atoms with van der Waals surface area (Å²) in [6.45, 7) is 4.21. The number of benzene rings is 2. The summed E-state index contributed by atoms with van der Waals surface area (Å²) in [4.78, 5) is 7.32. The molecule has 1 saturated heterocycles. The summed E-state index contributed by atoms with van der Waals surface area (Å²) in [5.74, 6) is 0. The van der Waals surface area contributed by atoms with Gasteiger partial charge in [0, 0.05) is 61.4 Å². The highest BCUT2D eigenvalue weighted by Gasteiger charge is 2.11. The van der Waals surface area contributed by atoms with Crippen molar-refractivity contribution in [3.05, 3.63) is 54.7 Å². The van der Waals surface area contributed by atoms with Gasteiger partial charge in [-0.25, -0.2) is 4.98 Å². The molecule has 0 atom stereocenters. The number of aryl methyl sites for hydroxylation is 1. The quantitative estimate of drug-likeness (QED) is 0.607. The van der Waals surface area contributed by atoms with Crippen LogP contribution in [0.25, 0.3) is 33.1 Å². The number of piperazine rings is 1. The van der Waals surface area contributed by atoms with Gasteiger partial charge in [0.25, 0.3) is 0 Å². The van der Waals surface area contributed by atoms with Gasteiger partial charge in [-0.1, -0.05) is 12.1 Å². The van der Waals surface area contributed by atoms with Crippen molar-refractivity contribution in [2.24, 2.45) is 7.05 Å². The molecule has 0 spiro atoms. The van der Waals surface area contributed by atoms with Crippen LogP contribution in [0, 0.1) is 0 Å². The van der Waals surface area contributed by atoms with Gasteiger partial charge in [0.05, 0.1) is 16.7 Å². The summed E-state index contributed by atoms with van der Waals surface area (Å²) < 4.78 is 1.85. The first kappa shape index (κ1) is 15.3. The Morgan fingerprint density at radius 3 is 2.62 bits per heavy atom. The van der Waals surface area contributed by atoms with Gasteiger partial charge in [-0.15, -0.1) is 0 Å². The molecule has 0 aliphatic carbocycles. The standard InChI is InChI=1S/C21H21N5/c1-25-14-17-12-15(3-6-21(17)24-25)19-5-2-16-13-18(4-7-20(16)23-19)26-10-8-22-9-11-26/h2-7,12-14,22H,8-11H2,1H3. The van der Waals surface area contributed by atoms with Crippen LogP contribution in [0.2, 0.25) is 0 Å². The molecule has 0 saturated carbocycles. The third kappa shape index (κ3) is 2.70. The molecule has 0 unspecified atom stereocenters. The van der Waals surface area contributed by atoms with E-state index >= 15 is 0 Å². The van der Waals surface area contributed by atoms with Crippen LogP contribution in [0.15, 0.2) is 54.7 Å². The maximum absolute atomic E-state index is 4.89. The van der Waals surface area contributed by atoms with Gasteiger partial charge in [0.2, 0.25) is 0 Å². The lowest BCUT2D eigenvalue weighted by molar-refractivity contribution is 0.589. The number of anilines is 1. The number of nitrogens with zero attached hydrogens (tertiary/aromatic N) is 4. The number of fused-ring (bicyclic) bond motifs is 2. The number of rotatable bonds is 2. The highest BCUT2D eigenvalue weighted by Crippen LogP contribution is 2.27. The number of hydrogen-bond donors (Lipinski definition) is 1. The Bertz CT molecular complexity index is 1090. The summed E-state index contributed by atoms with van der Waals surface area (Å²) in [6.07, 6.45) is 2.04. The monoisotopic (exact) mass is 343 g/mol. The molecule has 4 aromatic rings. The van der Waals surface area contributed by atoms with E-state index < -0.39 is 0 Å². The molecular formula is C21H21N5. The van der Waals surface area contributed by atoms with Crippen LogP contribution in [-0.2, 0) is 7.05 Å². The van der Waals surface area contributed by atoms with Crippen LogP contribution in [0.5, 0.6) is 0 Å². The molecular weight excluding hydrogens is 322 g/mol. The molecule has 3 heterocycles. The second-order valence-corrected chi connectivity index (χ2v) is 6.89. The first-order valence-corrected chi connectivity index (χ1v) is 9.06. The molecule has 1 N–H and O–H groups in total. The van der Waals surface area contributed by atoms with Gasteiger partial charge in [-0.05, 0) is 36.4 Å². The van der Waals surface area contributed by atoms with Crippen molar-refractivity contribution in [3.63, 3.8) is 0 Å². The zero-order valence-electron chi connectivity index (χ0n) is 14.8. The molecule has 1 aliphatic heterocycles. The van der Waals surface area contributed by atoms with Gasteiger partial charge in [0.15, 0.2) is 0 Å². The Morgan fingerprint density at radius 2 is 1.73 bits per heavy atom. The Balaban J connectivity index is 1.52. The fraction of sp³-hybridized carbons (Fsp3) is 0.238. The van der Waals surface area contributed by atoms with E-state index in [0.29, 0.717) is 0 Å². The highest BCUT2D eigenvalue weighted by atomic mass is 15.2. The number of aromatic nitrogens is 3. The molecule has 0 radical (unpaired) electrons. The number of pyridine rings is 1. The number of nitrogens with one attached hydrogen (secondary N) is 1. The van der Waals surface area contributed by atoms with Crippen LogP contribution < -0.4 is 10.2 Å². The second kappa shape index (κ2) is 6.11. The largest absolute Gasteiger partial charge is 0.369 e. The predicted octanol–water partition coefficient (Wildman–Crippen LogP) is 3.20. The molecule has 5 rings (SSSR count). The van der Waals surface area contributed by atoms with E-state index in [9.17, 15) is 0 Å². The lowest BCUT2D eigenvalue weighted by Crippen LogP contribution is -2.43. The fourth-order valence-electron chi connectivity index (χ4n) is 3.70. The van der Waals surface area contributed by atoms with Crippen molar-refractivity contribution in [2.45, 2.75) is 0 Å². The van der Waals surface area contributed by atoms with Crippen molar-refractivity contribution in [1.29, 1.82) is 0 Å². The molecule has 0 amide bonds. The molecule has 5 heteroatoms. The Hall–Kier alpha value is -2.92. The van der Waals surface area contributed by atoms with Gasteiger partial charge in [-0.2, -0.15) is 5.10 Å². The van der Waals surface area contributed by atoms with Crippen LogP contribution >= 0.6 is 0 Å². The molecule has 0 bridgehead atoms. The third-order valence-corrected chi connectivity index (χ3v) is 5.07. The second-order valence-electron chi connectivity index (χ2n) is 6.89. The summed E-state index contributed by atoms with van der Waals surface area (Å²) in [6, 6.07) is 17.2. The maximum Gasteiger partial charge on any atom is 0.0923 e. The summed E-state index contributed by atoms with van der Waals surface area (Å²) in [5.41, 5.74) is 5.45. The van der Waals surface area contributed by atoms with E-state index in [0.717, 1.165) is 53.9 Å². The van der Waals surface area contributed by atoms with Crippen molar-refractivity contribution in [2.75, 3.05) is 31.1 Å². The molecule has 130 valence electrons. The Kier molecular flexibility index (Phi) is 3.60. The Morgan fingerprint density at radius 1 is 0.885 bits per heavy atom. The fourth-order valence-corrected chi connectivity index (χ4v) is 3.70. The van der Waals surface area contributed by atoms with Crippen molar-refractivity contribution in [1.82, 2.24) is 20.1 Å². The normalized spacial score (nSPS) is 15.0.